The van der Waals surface area contributed by atoms with Crippen LogP contribution in [-0.2, 0) is 20.7 Å². The van der Waals surface area contributed by atoms with Crippen molar-refractivity contribution in [3.05, 3.63) is 70.8 Å². The number of ether oxygens (including phenoxy) is 1. The van der Waals surface area contributed by atoms with E-state index in [4.69, 9.17) is 4.74 Å². The van der Waals surface area contributed by atoms with Gasteiger partial charge in [0.25, 0.3) is 0 Å². The van der Waals surface area contributed by atoms with E-state index in [1.54, 1.807) is 20.8 Å². The predicted molar refractivity (Wildman–Crippen MR) is 156 cm³/mol. The Hall–Kier alpha value is -3.39. The third-order valence-corrected chi connectivity index (χ3v) is 7.14. The number of aryl methyl sites for hydroxylation is 2. The van der Waals surface area contributed by atoms with Crippen LogP contribution in [0.25, 0.3) is 0 Å². The van der Waals surface area contributed by atoms with Gasteiger partial charge in [0, 0.05) is 19.0 Å². The topological polar surface area (TPSA) is 108 Å². The molecule has 1 aliphatic rings. The Morgan fingerprint density at radius 1 is 1.02 bits per heavy atom. The third kappa shape index (κ3) is 9.08. The monoisotopic (exact) mass is 551 g/mol. The fourth-order valence-electron chi connectivity index (χ4n) is 5.21. The fraction of sp³-hybridized carbons (Fsp3) is 0.531. The number of rotatable bonds is 10. The first-order chi connectivity index (χ1) is 19.0. The quantitative estimate of drug-likeness (QED) is 0.395. The van der Waals surface area contributed by atoms with Crippen LogP contribution in [0.4, 0.5) is 4.79 Å². The summed E-state index contributed by atoms with van der Waals surface area (Å²) in [6, 6.07) is 13.3. The van der Waals surface area contributed by atoms with Gasteiger partial charge in [-0.2, -0.15) is 0 Å². The summed E-state index contributed by atoms with van der Waals surface area (Å²) < 4.78 is 5.47. The van der Waals surface area contributed by atoms with Crippen LogP contribution in [-0.4, -0.2) is 58.8 Å². The smallest absolute Gasteiger partial charge is 0.408 e. The van der Waals surface area contributed by atoms with E-state index in [2.05, 4.69) is 10.6 Å². The lowest BCUT2D eigenvalue weighted by molar-refractivity contribution is -0.143. The van der Waals surface area contributed by atoms with Gasteiger partial charge in [-0.1, -0.05) is 73.4 Å². The molecule has 2 atom stereocenters. The molecule has 0 aromatic heterocycles. The van der Waals surface area contributed by atoms with E-state index in [0.29, 0.717) is 5.56 Å². The Kier molecular flexibility index (Phi) is 11.1. The number of alkyl carbamates (subject to hydrolysis) is 1. The molecule has 0 bridgehead atoms. The maximum Gasteiger partial charge on any atom is 0.408 e. The highest BCUT2D eigenvalue weighted by molar-refractivity contribution is 5.92. The van der Waals surface area contributed by atoms with E-state index in [0.717, 1.165) is 48.8 Å². The summed E-state index contributed by atoms with van der Waals surface area (Å²) in [6.45, 7) is 8.71. The number of aliphatic hydroxyl groups is 1. The van der Waals surface area contributed by atoms with Crippen LogP contribution < -0.4 is 10.6 Å². The molecule has 8 heteroatoms. The molecule has 0 saturated heterocycles. The molecule has 0 aliphatic heterocycles. The maximum absolute atomic E-state index is 14.3. The van der Waals surface area contributed by atoms with Gasteiger partial charge < -0.3 is 25.4 Å². The molecule has 0 heterocycles. The summed E-state index contributed by atoms with van der Waals surface area (Å²) in [4.78, 5) is 42.6. The molecule has 1 saturated carbocycles. The minimum Gasteiger partial charge on any atom is -0.444 e. The number of hydrogen-bond donors (Lipinski definition) is 3. The van der Waals surface area contributed by atoms with Crippen molar-refractivity contribution in [3.8, 4) is 0 Å². The number of nitrogens with zero attached hydrogens (tertiary/aromatic N) is 1. The summed E-state index contributed by atoms with van der Waals surface area (Å²) in [6.07, 6.45) is 4.53. The first-order valence-corrected chi connectivity index (χ1v) is 14.3. The van der Waals surface area contributed by atoms with Gasteiger partial charge in [0.1, 0.15) is 17.7 Å². The molecular weight excluding hydrogens is 506 g/mol. The Bertz CT molecular complexity index is 1140. The molecule has 3 rings (SSSR count). The van der Waals surface area contributed by atoms with Crippen molar-refractivity contribution in [2.75, 3.05) is 13.2 Å². The first-order valence-electron chi connectivity index (χ1n) is 14.3. The van der Waals surface area contributed by atoms with Crippen LogP contribution in [0.15, 0.2) is 48.5 Å². The number of nitrogens with one attached hydrogen (secondary N) is 2. The van der Waals surface area contributed by atoms with E-state index in [1.165, 1.54) is 4.90 Å². The zero-order chi connectivity index (χ0) is 29.3. The lowest BCUT2D eigenvalue weighted by Gasteiger charge is -2.36. The summed E-state index contributed by atoms with van der Waals surface area (Å²) in [5, 5.41) is 16.0. The molecule has 2 aromatic carbocycles. The third-order valence-electron chi connectivity index (χ3n) is 7.14. The van der Waals surface area contributed by atoms with Crippen LogP contribution in [0, 0.1) is 13.8 Å². The highest BCUT2D eigenvalue weighted by Crippen LogP contribution is 2.28. The molecule has 40 heavy (non-hydrogen) atoms. The van der Waals surface area contributed by atoms with Gasteiger partial charge in [-0.25, -0.2) is 4.79 Å². The minimum atomic E-state index is -1.01. The number of benzene rings is 2. The number of carbonyl (C=O) groups excluding carboxylic acids is 3. The van der Waals surface area contributed by atoms with Crippen LogP contribution in [0.1, 0.15) is 81.2 Å². The lowest BCUT2D eigenvalue weighted by Crippen LogP contribution is -2.55. The number of hydrogen-bond acceptors (Lipinski definition) is 5. The van der Waals surface area contributed by atoms with Crippen molar-refractivity contribution in [1.82, 2.24) is 15.5 Å². The summed E-state index contributed by atoms with van der Waals surface area (Å²) >= 11 is 0. The summed E-state index contributed by atoms with van der Waals surface area (Å²) in [5.74, 6) is -0.744. The number of carbonyl (C=O) groups is 3. The highest BCUT2D eigenvalue weighted by atomic mass is 16.6. The van der Waals surface area contributed by atoms with Crippen molar-refractivity contribution in [3.63, 3.8) is 0 Å². The van der Waals surface area contributed by atoms with E-state index in [-0.39, 0.29) is 31.5 Å². The molecule has 1 aliphatic carbocycles. The van der Waals surface area contributed by atoms with Gasteiger partial charge >= 0.3 is 6.09 Å². The number of aliphatic hydroxyl groups excluding tert-OH is 1. The zero-order valence-electron chi connectivity index (χ0n) is 24.5. The minimum absolute atomic E-state index is 0.0416. The van der Waals surface area contributed by atoms with Crippen molar-refractivity contribution in [2.24, 2.45) is 0 Å². The van der Waals surface area contributed by atoms with Gasteiger partial charge in [-0.15, -0.1) is 0 Å². The van der Waals surface area contributed by atoms with Crippen LogP contribution in [0.3, 0.4) is 0 Å². The van der Waals surface area contributed by atoms with Crippen molar-refractivity contribution in [1.29, 1.82) is 0 Å². The standard InChI is InChI=1S/C32H45N3O5/c1-22-16-17-23(2)26(20-22)28(29(37)33-25-14-10-7-11-15-25)35(18-19-36)30(38)27(21-24-12-8-6-9-13-24)34-31(39)40-32(3,4)5/h6,8-9,12-13,16-17,20,25,27-28,36H,7,10-11,14-15,18-19,21H2,1-5H3,(H,33,37)(H,34,39). The van der Waals surface area contributed by atoms with Gasteiger partial charge in [0.05, 0.1) is 6.61 Å². The Balaban J connectivity index is 2.02. The van der Waals surface area contributed by atoms with Crippen LogP contribution in [0.5, 0.6) is 0 Å². The van der Waals surface area contributed by atoms with Crippen LogP contribution in [0.2, 0.25) is 0 Å². The van der Waals surface area contributed by atoms with Gasteiger partial charge in [0.2, 0.25) is 11.8 Å². The molecule has 0 spiro atoms. The Morgan fingerprint density at radius 3 is 2.33 bits per heavy atom. The molecule has 2 unspecified atom stereocenters. The van der Waals surface area contributed by atoms with Crippen molar-refractivity contribution >= 4 is 17.9 Å². The van der Waals surface area contributed by atoms with E-state index >= 15 is 0 Å². The summed E-state index contributed by atoms with van der Waals surface area (Å²) in [7, 11) is 0. The molecule has 2 aromatic rings. The first kappa shape index (κ1) is 31.1. The average molecular weight is 552 g/mol. The fourth-order valence-corrected chi connectivity index (χ4v) is 5.21. The molecular formula is C32H45N3O5. The normalized spacial score (nSPS) is 15.6. The van der Waals surface area contributed by atoms with E-state index in [9.17, 15) is 19.5 Å². The van der Waals surface area contributed by atoms with Crippen molar-refractivity contribution in [2.45, 2.75) is 96.9 Å². The molecule has 1 fully saturated rings. The van der Waals surface area contributed by atoms with Gasteiger partial charge in [-0.3, -0.25) is 9.59 Å². The number of amides is 3. The van der Waals surface area contributed by atoms with Gasteiger partial charge in [-0.05, 0) is 64.2 Å². The second kappa shape index (κ2) is 14.3. The molecule has 0 radical (unpaired) electrons. The average Bonchev–Trinajstić information content (AvgIpc) is 2.89. The largest absolute Gasteiger partial charge is 0.444 e. The van der Waals surface area contributed by atoms with Gasteiger partial charge in [0.15, 0.2) is 0 Å². The molecule has 218 valence electrons. The molecule has 3 amide bonds. The molecule has 8 nitrogen and oxygen atoms in total. The molecule has 3 N–H and O–H groups in total. The Labute approximate surface area is 238 Å². The summed E-state index contributed by atoms with van der Waals surface area (Å²) in [5.41, 5.74) is 2.61. The SMILES string of the molecule is Cc1ccc(C)c(C(C(=O)NC2CCCCC2)N(CCO)C(=O)C(Cc2ccccc2)NC(=O)OC(C)(C)C)c1. The Morgan fingerprint density at radius 2 is 1.70 bits per heavy atom. The second-order valence-electron chi connectivity index (χ2n) is 11.7. The lowest BCUT2D eigenvalue weighted by atomic mass is 9.93. The van der Waals surface area contributed by atoms with Crippen molar-refractivity contribution < 1.29 is 24.2 Å². The van der Waals surface area contributed by atoms with Crippen LogP contribution >= 0.6 is 0 Å². The van der Waals surface area contributed by atoms with E-state index < -0.39 is 29.7 Å². The highest BCUT2D eigenvalue weighted by Gasteiger charge is 2.37. The predicted octanol–water partition coefficient (Wildman–Crippen LogP) is 4.75. The van der Waals surface area contributed by atoms with E-state index in [1.807, 2.05) is 62.4 Å². The second-order valence-corrected chi connectivity index (χ2v) is 11.7. The zero-order valence-corrected chi connectivity index (χ0v) is 24.5. The maximum atomic E-state index is 14.3.